The molecule has 1 amide bonds. The first-order valence-corrected chi connectivity index (χ1v) is 10.1. The number of amides is 1. The molecule has 0 fully saturated rings. The fourth-order valence-electron chi connectivity index (χ4n) is 2.78. The monoisotopic (exact) mass is 394 g/mol. The minimum absolute atomic E-state index is 0.0881. The van der Waals surface area contributed by atoms with Gasteiger partial charge in [0.25, 0.3) is 0 Å². The van der Waals surface area contributed by atoms with Crippen LogP contribution in [-0.2, 0) is 21.2 Å². The van der Waals surface area contributed by atoms with E-state index in [1.165, 1.54) is 28.6 Å². The maximum absolute atomic E-state index is 12.6. The predicted molar refractivity (Wildman–Crippen MR) is 99.1 cm³/mol. The van der Waals surface area contributed by atoms with E-state index in [0.717, 1.165) is 11.8 Å². The van der Waals surface area contributed by atoms with Crippen molar-refractivity contribution in [2.45, 2.75) is 38.3 Å². The molecule has 0 spiro atoms. The summed E-state index contributed by atoms with van der Waals surface area (Å²) in [5, 5.41) is 15.2. The molecule has 0 bridgehead atoms. The number of benzene rings is 1. The third-order valence-corrected chi connectivity index (χ3v) is 5.70. The lowest BCUT2D eigenvalue weighted by atomic mass is 10.1. The van der Waals surface area contributed by atoms with Crippen molar-refractivity contribution in [3.63, 3.8) is 0 Å². The standard InChI is InChI=1S/C17H22N4O5S/c1-11-17(21(23)24)13(3)20(18-11)10-16(22)19(4)12(2)14-6-8-15(9-7-14)27(5,25)26/h6-9,12H,10H2,1-5H3. The van der Waals surface area contributed by atoms with Gasteiger partial charge in [0.15, 0.2) is 9.84 Å². The highest BCUT2D eigenvalue weighted by molar-refractivity contribution is 7.90. The first-order chi connectivity index (χ1) is 12.4. The van der Waals surface area contributed by atoms with Gasteiger partial charge in [-0.25, -0.2) is 8.42 Å². The van der Waals surface area contributed by atoms with E-state index in [0.29, 0.717) is 5.69 Å². The molecular formula is C17H22N4O5S. The Kier molecular flexibility index (Phi) is 5.69. The number of aryl methyl sites for hydroxylation is 1. The number of sulfone groups is 1. The van der Waals surface area contributed by atoms with Crippen LogP contribution in [0, 0.1) is 24.0 Å². The van der Waals surface area contributed by atoms with Crippen LogP contribution in [0.5, 0.6) is 0 Å². The van der Waals surface area contributed by atoms with Crippen molar-refractivity contribution < 1.29 is 18.1 Å². The van der Waals surface area contributed by atoms with Crippen LogP contribution in [0.1, 0.15) is 29.9 Å². The number of carbonyl (C=O) groups excluding carboxylic acids is 1. The quantitative estimate of drug-likeness (QED) is 0.547. The normalized spacial score (nSPS) is 12.6. The summed E-state index contributed by atoms with van der Waals surface area (Å²) in [6, 6.07) is 6.03. The number of hydrogen-bond acceptors (Lipinski definition) is 6. The zero-order chi connectivity index (χ0) is 20.5. The summed E-state index contributed by atoms with van der Waals surface area (Å²) < 4.78 is 24.4. The van der Waals surface area contributed by atoms with Gasteiger partial charge >= 0.3 is 5.69 Å². The molecule has 1 heterocycles. The molecular weight excluding hydrogens is 372 g/mol. The van der Waals surface area contributed by atoms with Gasteiger partial charge in [-0.15, -0.1) is 0 Å². The first-order valence-electron chi connectivity index (χ1n) is 8.17. The molecule has 1 aromatic heterocycles. The van der Waals surface area contributed by atoms with Gasteiger partial charge in [-0.2, -0.15) is 5.10 Å². The summed E-state index contributed by atoms with van der Waals surface area (Å²) in [5.41, 5.74) is 1.27. The highest BCUT2D eigenvalue weighted by Crippen LogP contribution is 2.24. The Morgan fingerprint density at radius 1 is 1.30 bits per heavy atom. The van der Waals surface area contributed by atoms with Crippen molar-refractivity contribution in [1.82, 2.24) is 14.7 Å². The summed E-state index contributed by atoms with van der Waals surface area (Å²) in [6.07, 6.45) is 1.13. The summed E-state index contributed by atoms with van der Waals surface area (Å²) in [4.78, 5) is 24.9. The average molecular weight is 394 g/mol. The smallest absolute Gasteiger partial charge is 0.312 e. The molecule has 1 aromatic carbocycles. The second-order valence-corrected chi connectivity index (χ2v) is 8.47. The third kappa shape index (κ3) is 4.33. The zero-order valence-electron chi connectivity index (χ0n) is 15.8. The van der Waals surface area contributed by atoms with Crippen molar-refractivity contribution >= 4 is 21.4 Å². The Morgan fingerprint density at radius 3 is 2.30 bits per heavy atom. The zero-order valence-corrected chi connectivity index (χ0v) is 16.6. The number of carbonyl (C=O) groups is 1. The molecule has 1 unspecified atom stereocenters. The van der Waals surface area contributed by atoms with Gasteiger partial charge in [0.1, 0.15) is 17.9 Å². The number of nitrogens with zero attached hydrogens (tertiary/aromatic N) is 4. The highest BCUT2D eigenvalue weighted by atomic mass is 32.2. The van der Waals surface area contributed by atoms with E-state index in [1.807, 2.05) is 6.92 Å². The Hall–Kier alpha value is -2.75. The number of hydrogen-bond donors (Lipinski definition) is 0. The van der Waals surface area contributed by atoms with Gasteiger partial charge < -0.3 is 4.90 Å². The summed E-state index contributed by atoms with van der Waals surface area (Å²) in [7, 11) is -1.66. The van der Waals surface area contributed by atoms with Gasteiger partial charge in [-0.05, 0) is 38.5 Å². The summed E-state index contributed by atoms with van der Waals surface area (Å²) >= 11 is 0. The summed E-state index contributed by atoms with van der Waals surface area (Å²) in [5.74, 6) is -0.268. The third-order valence-electron chi connectivity index (χ3n) is 4.58. The van der Waals surface area contributed by atoms with Crippen molar-refractivity contribution in [2.24, 2.45) is 0 Å². The minimum Gasteiger partial charge on any atom is -0.337 e. The van der Waals surface area contributed by atoms with Gasteiger partial charge in [-0.3, -0.25) is 19.6 Å². The average Bonchev–Trinajstić information content (AvgIpc) is 2.86. The van der Waals surface area contributed by atoms with Gasteiger partial charge in [-0.1, -0.05) is 12.1 Å². The number of nitro groups is 1. The molecule has 10 heteroatoms. The maximum Gasteiger partial charge on any atom is 0.312 e. The van der Waals surface area contributed by atoms with E-state index in [-0.39, 0.29) is 34.8 Å². The van der Waals surface area contributed by atoms with Crippen molar-refractivity contribution in [3.05, 3.63) is 51.3 Å². The maximum atomic E-state index is 12.6. The van der Waals surface area contributed by atoms with E-state index in [2.05, 4.69) is 5.10 Å². The van der Waals surface area contributed by atoms with Crippen LogP contribution in [-0.4, -0.2) is 47.2 Å². The van der Waals surface area contributed by atoms with Crippen molar-refractivity contribution in [1.29, 1.82) is 0 Å². The van der Waals surface area contributed by atoms with Crippen LogP contribution in [0.25, 0.3) is 0 Å². The van der Waals surface area contributed by atoms with E-state index < -0.39 is 14.8 Å². The largest absolute Gasteiger partial charge is 0.337 e. The van der Waals surface area contributed by atoms with Crippen LogP contribution in [0.3, 0.4) is 0 Å². The highest BCUT2D eigenvalue weighted by Gasteiger charge is 2.25. The van der Waals surface area contributed by atoms with E-state index in [9.17, 15) is 23.3 Å². The predicted octanol–water partition coefficient (Wildman–Crippen LogP) is 2.03. The van der Waals surface area contributed by atoms with Crippen LogP contribution >= 0.6 is 0 Å². The molecule has 2 aromatic rings. The molecule has 0 saturated carbocycles. The second kappa shape index (κ2) is 7.47. The number of aromatic nitrogens is 2. The van der Waals surface area contributed by atoms with Gasteiger partial charge in [0.2, 0.25) is 5.91 Å². The van der Waals surface area contributed by atoms with E-state index in [1.54, 1.807) is 26.1 Å². The van der Waals surface area contributed by atoms with Crippen LogP contribution in [0.15, 0.2) is 29.2 Å². The molecule has 0 aliphatic carbocycles. The lowest BCUT2D eigenvalue weighted by Gasteiger charge is -2.25. The molecule has 146 valence electrons. The van der Waals surface area contributed by atoms with Gasteiger partial charge in [0.05, 0.1) is 15.9 Å². The van der Waals surface area contributed by atoms with E-state index >= 15 is 0 Å². The van der Waals surface area contributed by atoms with Crippen molar-refractivity contribution in [3.8, 4) is 0 Å². The Labute approximate surface area is 157 Å². The molecule has 1 atom stereocenters. The molecule has 9 nitrogen and oxygen atoms in total. The second-order valence-electron chi connectivity index (χ2n) is 6.46. The molecule has 2 rings (SSSR count). The number of likely N-dealkylation sites (N-methyl/N-ethyl adjacent to an activating group) is 1. The molecule has 0 aliphatic rings. The van der Waals surface area contributed by atoms with Gasteiger partial charge in [0, 0.05) is 13.3 Å². The van der Waals surface area contributed by atoms with Crippen LogP contribution < -0.4 is 0 Å². The van der Waals surface area contributed by atoms with Crippen molar-refractivity contribution in [2.75, 3.05) is 13.3 Å². The molecule has 0 radical (unpaired) electrons. The first kappa shape index (κ1) is 20.6. The topological polar surface area (TPSA) is 115 Å². The lowest BCUT2D eigenvalue weighted by molar-refractivity contribution is -0.386. The van der Waals surface area contributed by atoms with Crippen LogP contribution in [0.2, 0.25) is 0 Å². The lowest BCUT2D eigenvalue weighted by Crippen LogP contribution is -2.33. The number of rotatable bonds is 6. The molecule has 27 heavy (non-hydrogen) atoms. The molecule has 0 saturated heterocycles. The van der Waals surface area contributed by atoms with Crippen LogP contribution in [0.4, 0.5) is 5.69 Å². The fraction of sp³-hybridized carbons (Fsp3) is 0.412. The SMILES string of the molecule is Cc1nn(CC(=O)N(C)C(C)c2ccc(S(C)(=O)=O)cc2)c(C)c1[N+](=O)[O-]. The van der Waals surface area contributed by atoms with E-state index in [4.69, 9.17) is 0 Å². The molecule has 0 aliphatic heterocycles. The molecule has 0 N–H and O–H groups in total. The Morgan fingerprint density at radius 2 is 1.85 bits per heavy atom. The summed E-state index contributed by atoms with van der Waals surface area (Å²) in [6.45, 7) is 4.78. The Balaban J connectivity index is 2.17. The Bertz CT molecular complexity index is 979. The fourth-order valence-corrected chi connectivity index (χ4v) is 3.41. The minimum atomic E-state index is -3.28.